The summed E-state index contributed by atoms with van der Waals surface area (Å²) in [5, 5.41) is 0.454. The molecule has 7 heteroatoms. The number of halogens is 2. The first-order valence-corrected chi connectivity index (χ1v) is 7.69. The highest BCUT2D eigenvalue weighted by Crippen LogP contribution is 2.21. The summed E-state index contributed by atoms with van der Waals surface area (Å²) in [4.78, 5) is 21.8. The second-order valence-electron chi connectivity index (χ2n) is 5.27. The van der Waals surface area contributed by atoms with Crippen LogP contribution in [0.15, 0.2) is 36.7 Å². The number of rotatable bonds is 3. The van der Waals surface area contributed by atoms with Crippen LogP contribution in [0.1, 0.15) is 23.2 Å². The second-order valence-corrected chi connectivity index (χ2v) is 5.68. The summed E-state index contributed by atoms with van der Waals surface area (Å²) < 4.78 is 18.4. The maximum absolute atomic E-state index is 12.8. The Labute approximate surface area is 138 Å². The van der Waals surface area contributed by atoms with Crippen LogP contribution >= 0.6 is 11.6 Å². The topological polar surface area (TPSA) is 55.3 Å². The van der Waals surface area contributed by atoms with E-state index in [1.807, 2.05) is 0 Å². The zero-order valence-corrected chi connectivity index (χ0v) is 13.0. The molecule has 1 fully saturated rings. The van der Waals surface area contributed by atoms with Gasteiger partial charge in [-0.05, 0) is 12.1 Å². The monoisotopic (exact) mass is 335 g/mol. The molecule has 1 saturated heterocycles. The van der Waals surface area contributed by atoms with Gasteiger partial charge in [0, 0.05) is 25.9 Å². The number of carbonyl (C=O) groups excluding carboxylic acids is 1. The molecule has 0 spiro atoms. The van der Waals surface area contributed by atoms with Crippen LogP contribution in [0, 0.1) is 5.82 Å². The van der Waals surface area contributed by atoms with Crippen molar-refractivity contribution in [2.75, 3.05) is 13.1 Å². The number of hydrogen-bond acceptors (Lipinski definition) is 4. The number of benzene rings is 1. The van der Waals surface area contributed by atoms with Gasteiger partial charge in [-0.3, -0.25) is 4.79 Å². The van der Waals surface area contributed by atoms with Crippen LogP contribution in [0.4, 0.5) is 4.39 Å². The molecule has 0 radical (unpaired) electrons. The fourth-order valence-corrected chi connectivity index (χ4v) is 2.71. The van der Waals surface area contributed by atoms with Crippen molar-refractivity contribution in [1.82, 2.24) is 14.9 Å². The number of ether oxygens (including phenoxy) is 1. The average Bonchev–Trinajstić information content (AvgIpc) is 2.57. The lowest BCUT2D eigenvalue weighted by Crippen LogP contribution is -2.42. The van der Waals surface area contributed by atoms with Gasteiger partial charge in [0.25, 0.3) is 5.91 Å². The minimum absolute atomic E-state index is 0.0768. The van der Waals surface area contributed by atoms with E-state index in [1.54, 1.807) is 29.2 Å². The van der Waals surface area contributed by atoms with Gasteiger partial charge < -0.3 is 9.64 Å². The van der Waals surface area contributed by atoms with Gasteiger partial charge >= 0.3 is 6.01 Å². The van der Waals surface area contributed by atoms with Crippen molar-refractivity contribution in [2.45, 2.75) is 18.9 Å². The van der Waals surface area contributed by atoms with E-state index in [9.17, 15) is 9.18 Å². The SMILES string of the molecule is O=C(c1ccccc1Cl)N1CCC(Oc2ncc(F)cn2)CC1. The molecule has 0 saturated carbocycles. The van der Waals surface area contributed by atoms with Gasteiger partial charge in [0.2, 0.25) is 0 Å². The molecule has 0 N–H and O–H groups in total. The minimum atomic E-state index is -0.502. The summed E-state index contributed by atoms with van der Waals surface area (Å²) in [6.45, 7) is 1.13. The number of carbonyl (C=O) groups is 1. The summed E-state index contributed by atoms with van der Waals surface area (Å²) in [7, 11) is 0. The van der Waals surface area contributed by atoms with Crippen molar-refractivity contribution < 1.29 is 13.9 Å². The molecule has 1 aliphatic heterocycles. The number of hydrogen-bond donors (Lipinski definition) is 0. The number of amides is 1. The molecule has 1 amide bonds. The molecule has 3 rings (SSSR count). The summed E-state index contributed by atoms with van der Waals surface area (Å²) in [5.41, 5.74) is 0.510. The van der Waals surface area contributed by atoms with Crippen molar-refractivity contribution in [2.24, 2.45) is 0 Å². The number of aromatic nitrogens is 2. The van der Waals surface area contributed by atoms with E-state index in [0.717, 1.165) is 12.4 Å². The first-order valence-electron chi connectivity index (χ1n) is 7.31. The van der Waals surface area contributed by atoms with Gasteiger partial charge in [-0.2, -0.15) is 0 Å². The lowest BCUT2D eigenvalue weighted by molar-refractivity contribution is 0.0578. The smallest absolute Gasteiger partial charge is 0.316 e. The molecule has 5 nitrogen and oxygen atoms in total. The first kappa shape index (κ1) is 15.7. The molecule has 2 heterocycles. The highest BCUT2D eigenvalue weighted by atomic mass is 35.5. The van der Waals surface area contributed by atoms with E-state index in [2.05, 4.69) is 9.97 Å². The Hall–Kier alpha value is -2.21. The second kappa shape index (κ2) is 6.91. The van der Waals surface area contributed by atoms with Crippen molar-refractivity contribution in [3.63, 3.8) is 0 Å². The van der Waals surface area contributed by atoms with E-state index in [0.29, 0.717) is 36.5 Å². The summed E-state index contributed by atoms with van der Waals surface area (Å²) >= 11 is 6.07. The third-order valence-corrected chi connectivity index (χ3v) is 4.03. The van der Waals surface area contributed by atoms with E-state index < -0.39 is 5.82 Å². The van der Waals surface area contributed by atoms with Crippen molar-refractivity contribution in [3.8, 4) is 6.01 Å². The molecular formula is C16H15ClFN3O2. The summed E-state index contributed by atoms with van der Waals surface area (Å²) in [6.07, 6.45) is 3.38. The van der Waals surface area contributed by atoms with E-state index in [1.165, 1.54) is 0 Å². The molecule has 0 unspecified atom stereocenters. The van der Waals surface area contributed by atoms with Crippen LogP contribution in [-0.4, -0.2) is 40.0 Å². The Balaban J connectivity index is 1.57. The summed E-state index contributed by atoms with van der Waals surface area (Å²) in [5.74, 6) is -0.579. The Morgan fingerprint density at radius 3 is 2.52 bits per heavy atom. The molecule has 1 aromatic heterocycles. The normalized spacial score (nSPS) is 15.5. The molecule has 120 valence electrons. The standard InChI is InChI=1S/C16H15ClFN3O2/c17-14-4-2-1-3-13(14)15(22)21-7-5-12(6-8-21)23-16-19-9-11(18)10-20-16/h1-4,9-10,12H,5-8H2. The molecule has 0 bridgehead atoms. The Bertz CT molecular complexity index is 688. The maximum atomic E-state index is 12.8. The predicted octanol–water partition coefficient (Wildman–Crippen LogP) is 2.95. The molecule has 1 aliphatic rings. The van der Waals surface area contributed by atoms with Crippen LogP contribution in [0.2, 0.25) is 5.02 Å². The van der Waals surface area contributed by atoms with Crippen molar-refractivity contribution >= 4 is 17.5 Å². The van der Waals surface area contributed by atoms with Crippen LogP contribution in [0.25, 0.3) is 0 Å². The number of likely N-dealkylation sites (tertiary alicyclic amines) is 1. The molecule has 1 aromatic carbocycles. The number of nitrogens with zero attached hydrogens (tertiary/aromatic N) is 3. The average molecular weight is 336 g/mol. The fourth-order valence-electron chi connectivity index (χ4n) is 2.49. The van der Waals surface area contributed by atoms with Gasteiger partial charge in [0.1, 0.15) is 6.10 Å². The molecular weight excluding hydrogens is 321 g/mol. The van der Waals surface area contributed by atoms with Gasteiger partial charge in [-0.1, -0.05) is 23.7 Å². The van der Waals surface area contributed by atoms with E-state index >= 15 is 0 Å². The maximum Gasteiger partial charge on any atom is 0.316 e. The van der Waals surface area contributed by atoms with E-state index in [-0.39, 0.29) is 18.0 Å². The zero-order valence-electron chi connectivity index (χ0n) is 12.3. The van der Waals surface area contributed by atoms with Gasteiger partial charge in [-0.15, -0.1) is 0 Å². The molecule has 0 atom stereocenters. The Kier molecular flexibility index (Phi) is 4.71. The van der Waals surface area contributed by atoms with Crippen LogP contribution in [-0.2, 0) is 0 Å². The third kappa shape index (κ3) is 3.76. The van der Waals surface area contributed by atoms with Crippen LogP contribution in [0.3, 0.4) is 0 Å². The highest BCUT2D eigenvalue weighted by Gasteiger charge is 2.26. The van der Waals surface area contributed by atoms with Crippen LogP contribution in [0.5, 0.6) is 6.01 Å². The largest absolute Gasteiger partial charge is 0.460 e. The highest BCUT2D eigenvalue weighted by molar-refractivity contribution is 6.33. The van der Waals surface area contributed by atoms with Gasteiger partial charge in [0.05, 0.1) is 23.0 Å². The Morgan fingerprint density at radius 1 is 1.22 bits per heavy atom. The van der Waals surface area contributed by atoms with Crippen molar-refractivity contribution in [3.05, 3.63) is 53.1 Å². The zero-order chi connectivity index (χ0) is 16.2. The third-order valence-electron chi connectivity index (χ3n) is 3.70. The lowest BCUT2D eigenvalue weighted by Gasteiger charge is -2.31. The molecule has 2 aromatic rings. The van der Waals surface area contributed by atoms with E-state index in [4.69, 9.17) is 16.3 Å². The summed E-state index contributed by atoms with van der Waals surface area (Å²) in [6, 6.07) is 7.17. The minimum Gasteiger partial charge on any atom is -0.460 e. The van der Waals surface area contributed by atoms with Gasteiger partial charge in [-0.25, -0.2) is 14.4 Å². The van der Waals surface area contributed by atoms with Gasteiger partial charge in [0.15, 0.2) is 5.82 Å². The first-order chi connectivity index (χ1) is 11.1. The lowest BCUT2D eigenvalue weighted by atomic mass is 10.1. The number of piperidine rings is 1. The predicted molar refractivity (Wildman–Crippen MR) is 83.0 cm³/mol. The quantitative estimate of drug-likeness (QED) is 0.865. The molecule has 23 heavy (non-hydrogen) atoms. The Morgan fingerprint density at radius 2 is 1.87 bits per heavy atom. The van der Waals surface area contributed by atoms with Crippen LogP contribution < -0.4 is 4.74 Å². The fraction of sp³-hybridized carbons (Fsp3) is 0.312. The molecule has 0 aliphatic carbocycles. The van der Waals surface area contributed by atoms with Crippen molar-refractivity contribution in [1.29, 1.82) is 0 Å².